The summed E-state index contributed by atoms with van der Waals surface area (Å²) in [5.74, 6) is 1.16. The Bertz CT molecular complexity index is 804. The van der Waals surface area contributed by atoms with Crippen LogP contribution in [0.4, 0.5) is 5.69 Å². The fourth-order valence-corrected chi connectivity index (χ4v) is 5.54. The lowest BCUT2D eigenvalue weighted by atomic mass is 9.63. The molecule has 5 heteroatoms. The highest BCUT2D eigenvalue weighted by atomic mass is 16.2. The molecule has 5 nitrogen and oxygen atoms in total. The van der Waals surface area contributed by atoms with Gasteiger partial charge in [-0.3, -0.25) is 9.59 Å². The zero-order valence-electron chi connectivity index (χ0n) is 15.8. The third kappa shape index (κ3) is 2.40. The summed E-state index contributed by atoms with van der Waals surface area (Å²) in [4.78, 5) is 28.1. The average Bonchev–Trinajstić information content (AvgIpc) is 3.47. The Morgan fingerprint density at radius 1 is 1.00 bits per heavy atom. The summed E-state index contributed by atoms with van der Waals surface area (Å²) in [5.41, 5.74) is 2.06. The topological polar surface area (TPSA) is 53.0 Å². The summed E-state index contributed by atoms with van der Waals surface area (Å²) in [7, 11) is 0. The Morgan fingerprint density at radius 3 is 2.07 bits per heavy atom. The van der Waals surface area contributed by atoms with Crippen LogP contribution in [0.2, 0.25) is 0 Å². The minimum absolute atomic E-state index is 0.106. The van der Waals surface area contributed by atoms with Crippen LogP contribution < -0.4 is 4.90 Å². The lowest BCUT2D eigenvalue weighted by Crippen LogP contribution is -2.40. The van der Waals surface area contributed by atoms with E-state index in [1.54, 1.807) is 6.21 Å². The lowest BCUT2D eigenvalue weighted by molar-refractivity contribution is -0.140. The van der Waals surface area contributed by atoms with E-state index in [1.165, 1.54) is 12.1 Å². The second-order valence-corrected chi connectivity index (χ2v) is 8.15. The number of rotatable bonds is 5. The molecule has 2 bridgehead atoms. The van der Waals surface area contributed by atoms with Crippen molar-refractivity contribution in [2.75, 3.05) is 18.0 Å². The maximum Gasteiger partial charge on any atom is 0.254 e. The van der Waals surface area contributed by atoms with Gasteiger partial charge in [0.1, 0.15) is 0 Å². The second-order valence-electron chi connectivity index (χ2n) is 8.15. The molecule has 0 radical (unpaired) electrons. The number of hydrogen-bond donors (Lipinski definition) is 0. The molecule has 0 unspecified atom stereocenters. The molecule has 0 spiro atoms. The number of carbonyl (C=O) groups excluding carboxylic acids is 2. The molecule has 4 aliphatic carbocycles. The third-order valence-electron chi connectivity index (χ3n) is 6.98. The van der Waals surface area contributed by atoms with Gasteiger partial charge < -0.3 is 4.90 Å². The van der Waals surface area contributed by atoms with Crippen molar-refractivity contribution in [2.45, 2.75) is 20.3 Å². The Morgan fingerprint density at radius 2 is 1.56 bits per heavy atom. The fourth-order valence-electron chi connectivity index (χ4n) is 5.54. The summed E-state index contributed by atoms with van der Waals surface area (Å²) in [6.45, 7) is 6.19. The van der Waals surface area contributed by atoms with Gasteiger partial charge in [-0.15, -0.1) is 0 Å². The van der Waals surface area contributed by atoms with Gasteiger partial charge in [0, 0.05) is 18.8 Å². The van der Waals surface area contributed by atoms with Gasteiger partial charge in [0.15, 0.2) is 0 Å². The van der Waals surface area contributed by atoms with Crippen molar-refractivity contribution in [1.29, 1.82) is 0 Å². The number of carbonyl (C=O) groups is 2. The van der Waals surface area contributed by atoms with Gasteiger partial charge in [0.05, 0.1) is 18.1 Å². The first kappa shape index (κ1) is 16.7. The average molecular weight is 363 g/mol. The zero-order chi connectivity index (χ0) is 18.7. The molecule has 3 fully saturated rings. The number of hydrazone groups is 1. The molecule has 0 aromatic heterocycles. The summed E-state index contributed by atoms with van der Waals surface area (Å²) >= 11 is 0. The van der Waals surface area contributed by atoms with E-state index < -0.39 is 0 Å². The molecular formula is C22H25N3O2. The summed E-state index contributed by atoms with van der Waals surface area (Å²) in [6.07, 6.45) is 7.18. The molecular weight excluding hydrogens is 338 g/mol. The largest absolute Gasteiger partial charge is 0.372 e. The van der Waals surface area contributed by atoms with Gasteiger partial charge in [-0.05, 0) is 61.6 Å². The van der Waals surface area contributed by atoms with E-state index in [2.05, 4.69) is 48.1 Å². The van der Waals surface area contributed by atoms with Gasteiger partial charge in [-0.1, -0.05) is 24.3 Å². The molecule has 5 aliphatic rings. The Kier molecular flexibility index (Phi) is 3.74. The molecule has 140 valence electrons. The minimum Gasteiger partial charge on any atom is -0.372 e. The van der Waals surface area contributed by atoms with Crippen molar-refractivity contribution in [3.05, 3.63) is 42.0 Å². The summed E-state index contributed by atoms with van der Waals surface area (Å²) in [5, 5.41) is 5.44. The van der Waals surface area contributed by atoms with Crippen molar-refractivity contribution in [3.8, 4) is 0 Å². The number of imide groups is 1. The molecule has 2 amide bonds. The molecule has 6 atom stereocenters. The van der Waals surface area contributed by atoms with Crippen LogP contribution in [0, 0.1) is 35.5 Å². The van der Waals surface area contributed by atoms with E-state index in [9.17, 15) is 9.59 Å². The molecule has 6 rings (SSSR count). The van der Waals surface area contributed by atoms with E-state index in [1.807, 2.05) is 12.1 Å². The van der Waals surface area contributed by atoms with Crippen LogP contribution in [0.5, 0.6) is 0 Å². The second kappa shape index (κ2) is 6.04. The first-order valence-electron chi connectivity index (χ1n) is 10.1. The van der Waals surface area contributed by atoms with Crippen LogP contribution in [0.1, 0.15) is 25.8 Å². The number of benzene rings is 1. The van der Waals surface area contributed by atoms with Crippen LogP contribution in [0.3, 0.4) is 0 Å². The van der Waals surface area contributed by atoms with Crippen molar-refractivity contribution in [2.24, 2.45) is 40.6 Å². The Balaban J connectivity index is 1.34. The van der Waals surface area contributed by atoms with Crippen LogP contribution in [-0.4, -0.2) is 36.1 Å². The van der Waals surface area contributed by atoms with Crippen molar-refractivity contribution in [3.63, 3.8) is 0 Å². The molecule has 1 heterocycles. The SMILES string of the molecule is CCN(CC)c1ccc(/C=N\N2C(=O)[C@@H]3[C@H]4C=C[C@@H]([C@@H]5C[C@@H]45)[C@H]3C2=O)cc1. The highest BCUT2D eigenvalue weighted by molar-refractivity contribution is 6.06. The predicted molar refractivity (Wildman–Crippen MR) is 104 cm³/mol. The molecule has 1 aliphatic heterocycles. The van der Waals surface area contributed by atoms with Crippen LogP contribution in [-0.2, 0) is 9.59 Å². The summed E-state index contributed by atoms with van der Waals surface area (Å²) in [6, 6.07) is 8.07. The van der Waals surface area contributed by atoms with E-state index in [0.717, 1.165) is 23.7 Å². The first-order valence-corrected chi connectivity index (χ1v) is 10.1. The molecule has 1 saturated heterocycles. The van der Waals surface area contributed by atoms with Crippen molar-refractivity contribution >= 4 is 23.7 Å². The molecule has 27 heavy (non-hydrogen) atoms. The van der Waals surface area contributed by atoms with Crippen LogP contribution >= 0.6 is 0 Å². The maximum atomic E-state index is 12.9. The van der Waals surface area contributed by atoms with Crippen LogP contribution in [0.15, 0.2) is 41.5 Å². The molecule has 0 N–H and O–H groups in total. The monoisotopic (exact) mass is 363 g/mol. The highest BCUT2D eigenvalue weighted by Crippen LogP contribution is 2.65. The van der Waals surface area contributed by atoms with Crippen molar-refractivity contribution in [1.82, 2.24) is 5.01 Å². The molecule has 2 saturated carbocycles. The van der Waals surface area contributed by atoms with Gasteiger partial charge in [0.2, 0.25) is 0 Å². The summed E-state index contributed by atoms with van der Waals surface area (Å²) < 4.78 is 0. The standard InChI is InChI=1S/C22H25N3O2/c1-3-24(4-2)14-7-5-13(6-8-14)12-23-25-21(26)19-15-9-10-16(18-11-17(15)18)20(19)22(25)27/h5-10,12,15-20H,3-4,11H2,1-2H3/b23-12-/t15-,16-,17-,18-,19+,20+/m0/s1. The van der Waals surface area contributed by atoms with Gasteiger partial charge in [-0.25, -0.2) is 0 Å². The number of allylic oxidation sites excluding steroid dienone is 2. The quantitative estimate of drug-likeness (QED) is 0.459. The normalized spacial score (nSPS) is 35.7. The fraction of sp³-hybridized carbons (Fsp3) is 0.500. The number of anilines is 1. The van der Waals surface area contributed by atoms with Crippen molar-refractivity contribution < 1.29 is 9.59 Å². The highest BCUT2D eigenvalue weighted by Gasteiger charge is 2.67. The third-order valence-corrected chi connectivity index (χ3v) is 6.98. The number of amides is 2. The van der Waals surface area contributed by atoms with E-state index in [-0.39, 0.29) is 35.5 Å². The number of hydrogen-bond acceptors (Lipinski definition) is 4. The van der Waals surface area contributed by atoms with E-state index in [4.69, 9.17) is 0 Å². The van der Waals surface area contributed by atoms with Crippen LogP contribution in [0.25, 0.3) is 0 Å². The smallest absolute Gasteiger partial charge is 0.254 e. The molecule has 1 aromatic carbocycles. The maximum absolute atomic E-state index is 12.9. The van der Waals surface area contributed by atoms with E-state index in [0.29, 0.717) is 11.8 Å². The predicted octanol–water partition coefficient (Wildman–Crippen LogP) is 2.92. The zero-order valence-corrected chi connectivity index (χ0v) is 15.8. The Hall–Kier alpha value is -2.43. The van der Waals surface area contributed by atoms with Gasteiger partial charge in [-0.2, -0.15) is 10.1 Å². The number of nitrogens with zero attached hydrogens (tertiary/aromatic N) is 3. The first-order chi connectivity index (χ1) is 13.1. The van der Waals surface area contributed by atoms with Gasteiger partial charge >= 0.3 is 0 Å². The minimum atomic E-state index is -0.182. The van der Waals surface area contributed by atoms with E-state index >= 15 is 0 Å². The Labute approximate surface area is 159 Å². The lowest BCUT2D eigenvalue weighted by Gasteiger charge is -2.37. The van der Waals surface area contributed by atoms with Gasteiger partial charge in [0.25, 0.3) is 11.8 Å². The molecule has 1 aromatic rings.